The number of benzene rings is 2. The maximum Gasteiger partial charge on any atom is 0.156 e. The second kappa shape index (κ2) is 10.5. The highest BCUT2D eigenvalue weighted by Gasteiger charge is 2.21. The molecule has 4 aromatic rings. The maximum atomic E-state index is 11.7. The smallest absolute Gasteiger partial charge is 0.156 e. The number of likely N-dealkylation sites (N-methyl/N-ethyl adjacent to an activating group) is 1. The van der Waals surface area contributed by atoms with Crippen molar-refractivity contribution in [3.05, 3.63) is 83.7 Å². The molecule has 2 saturated heterocycles. The van der Waals surface area contributed by atoms with Gasteiger partial charge in [-0.2, -0.15) is 5.10 Å². The van der Waals surface area contributed by atoms with Gasteiger partial charge in [0.2, 0.25) is 0 Å². The summed E-state index contributed by atoms with van der Waals surface area (Å²) in [5, 5.41) is 4.86. The van der Waals surface area contributed by atoms with E-state index < -0.39 is 9.84 Å². The molecule has 38 heavy (non-hydrogen) atoms. The number of hydrogen-bond donors (Lipinski definition) is 0. The fourth-order valence-electron chi connectivity index (χ4n) is 5.26. The first-order chi connectivity index (χ1) is 18.4. The van der Waals surface area contributed by atoms with Crippen LogP contribution in [0, 0.1) is 0 Å². The fourth-order valence-corrected chi connectivity index (χ4v) is 6.54. The van der Waals surface area contributed by atoms with Crippen molar-refractivity contribution < 1.29 is 8.42 Å². The zero-order valence-electron chi connectivity index (χ0n) is 21.8. The number of fused-ring (bicyclic) bond motifs is 1. The van der Waals surface area contributed by atoms with Crippen LogP contribution >= 0.6 is 0 Å². The molecule has 4 heterocycles. The van der Waals surface area contributed by atoms with E-state index >= 15 is 0 Å². The number of hydrogen-bond acceptors (Lipinski definition) is 7. The lowest BCUT2D eigenvalue weighted by molar-refractivity contribution is 0.287. The first kappa shape index (κ1) is 25.0. The average molecular weight is 531 g/mol. The summed E-state index contributed by atoms with van der Waals surface area (Å²) in [6.07, 6.45) is 0.689. The van der Waals surface area contributed by atoms with Gasteiger partial charge < -0.3 is 9.80 Å². The van der Waals surface area contributed by atoms with Gasteiger partial charge in [0.05, 0.1) is 17.2 Å². The molecular weight excluding hydrogens is 496 g/mol. The Labute approximate surface area is 224 Å². The highest BCUT2D eigenvalue weighted by Crippen LogP contribution is 2.23. The molecule has 0 unspecified atom stereocenters. The van der Waals surface area contributed by atoms with Crippen molar-refractivity contribution in [1.82, 2.24) is 24.4 Å². The van der Waals surface area contributed by atoms with Crippen molar-refractivity contribution in [1.29, 1.82) is 0 Å². The Morgan fingerprint density at radius 3 is 2.18 bits per heavy atom. The normalized spacial score (nSPS) is 18.7. The predicted molar refractivity (Wildman–Crippen MR) is 151 cm³/mol. The number of piperazine rings is 1. The van der Waals surface area contributed by atoms with Crippen LogP contribution in [-0.2, 0) is 22.8 Å². The van der Waals surface area contributed by atoms with E-state index in [1.807, 2.05) is 16.6 Å². The van der Waals surface area contributed by atoms with Crippen molar-refractivity contribution in [3.8, 4) is 11.3 Å². The van der Waals surface area contributed by atoms with Crippen molar-refractivity contribution in [2.24, 2.45) is 0 Å². The van der Waals surface area contributed by atoms with Gasteiger partial charge in [-0.3, -0.25) is 4.90 Å². The predicted octanol–water partition coefficient (Wildman–Crippen LogP) is 2.97. The third-order valence-corrected chi connectivity index (χ3v) is 9.27. The van der Waals surface area contributed by atoms with Crippen LogP contribution in [-0.4, -0.2) is 90.6 Å². The second-order valence-corrected chi connectivity index (χ2v) is 12.8. The first-order valence-electron chi connectivity index (χ1n) is 13.3. The van der Waals surface area contributed by atoms with Crippen molar-refractivity contribution >= 4 is 21.2 Å². The fraction of sp³-hybridized carbons (Fsp3) is 0.379. The van der Waals surface area contributed by atoms with Gasteiger partial charge in [0.15, 0.2) is 21.3 Å². The van der Waals surface area contributed by atoms with Gasteiger partial charge in [0.1, 0.15) is 0 Å². The Morgan fingerprint density at radius 2 is 1.47 bits per heavy atom. The third-order valence-electron chi connectivity index (χ3n) is 7.66. The van der Waals surface area contributed by atoms with Crippen molar-refractivity contribution in [2.75, 3.05) is 62.7 Å². The van der Waals surface area contributed by atoms with Crippen LogP contribution in [0.5, 0.6) is 0 Å². The van der Waals surface area contributed by atoms with Crippen LogP contribution in [0.3, 0.4) is 0 Å². The van der Waals surface area contributed by atoms with E-state index in [-0.39, 0.29) is 11.5 Å². The van der Waals surface area contributed by atoms with E-state index in [4.69, 9.17) is 10.1 Å². The molecular formula is C29H34N6O2S. The molecule has 2 aliphatic heterocycles. The monoisotopic (exact) mass is 530 g/mol. The lowest BCUT2D eigenvalue weighted by Crippen LogP contribution is -2.44. The van der Waals surface area contributed by atoms with Crippen LogP contribution in [0.15, 0.2) is 66.7 Å². The van der Waals surface area contributed by atoms with Crippen LogP contribution in [0.2, 0.25) is 0 Å². The third kappa shape index (κ3) is 5.60. The Kier molecular flexibility index (Phi) is 6.90. The molecule has 2 aliphatic rings. The molecule has 2 aromatic carbocycles. The molecule has 198 valence electrons. The Bertz CT molecular complexity index is 1490. The zero-order valence-corrected chi connectivity index (χ0v) is 22.6. The lowest BCUT2D eigenvalue weighted by atomic mass is 10.1. The molecule has 8 nitrogen and oxygen atoms in total. The highest BCUT2D eigenvalue weighted by molar-refractivity contribution is 7.91. The van der Waals surface area contributed by atoms with Gasteiger partial charge >= 0.3 is 0 Å². The SMILES string of the molecule is CN1CCN(c2ccc(Cc3nc4cccc(-c5ccc(CN6CCS(=O)(=O)CC6)cc5)n4n3)cc2)CC1. The highest BCUT2D eigenvalue weighted by atomic mass is 32.2. The number of pyridine rings is 1. The standard InChI is InChI=1S/C29H34N6O2S/c1-32-13-15-34(16-14-32)26-11-7-23(8-12-26)21-28-30-29-4-2-3-27(35(29)31-28)25-9-5-24(6-10-25)22-33-17-19-38(36,37)20-18-33/h2-12H,13-22H2,1H3. The van der Waals surface area contributed by atoms with Crippen molar-refractivity contribution in [3.63, 3.8) is 0 Å². The minimum atomic E-state index is -2.86. The molecule has 0 aliphatic carbocycles. The van der Waals surface area contributed by atoms with Crippen LogP contribution < -0.4 is 4.90 Å². The second-order valence-electron chi connectivity index (χ2n) is 10.5. The summed E-state index contributed by atoms with van der Waals surface area (Å²) in [6.45, 7) is 6.30. The Morgan fingerprint density at radius 1 is 0.789 bits per heavy atom. The Hall–Kier alpha value is -3.27. The van der Waals surface area contributed by atoms with Gasteiger partial charge in [-0.25, -0.2) is 17.9 Å². The van der Waals surface area contributed by atoms with E-state index in [9.17, 15) is 8.42 Å². The minimum Gasteiger partial charge on any atom is -0.369 e. The molecule has 0 bridgehead atoms. The molecule has 0 amide bonds. The molecule has 0 saturated carbocycles. The lowest BCUT2D eigenvalue weighted by Gasteiger charge is -2.34. The van der Waals surface area contributed by atoms with E-state index in [0.717, 1.165) is 55.5 Å². The molecule has 2 aromatic heterocycles. The summed E-state index contributed by atoms with van der Waals surface area (Å²) in [5.41, 5.74) is 6.58. The van der Waals surface area contributed by atoms with Gasteiger partial charge in [0.25, 0.3) is 0 Å². The summed E-state index contributed by atoms with van der Waals surface area (Å²) in [5.74, 6) is 1.31. The number of anilines is 1. The van der Waals surface area contributed by atoms with E-state index in [1.54, 1.807) is 0 Å². The topological polar surface area (TPSA) is 74.0 Å². The molecule has 0 atom stereocenters. The summed E-state index contributed by atoms with van der Waals surface area (Å²) >= 11 is 0. The number of sulfone groups is 1. The van der Waals surface area contributed by atoms with Gasteiger partial charge in [-0.1, -0.05) is 42.5 Å². The molecule has 2 fully saturated rings. The molecule has 9 heteroatoms. The number of nitrogens with zero attached hydrogens (tertiary/aromatic N) is 6. The largest absolute Gasteiger partial charge is 0.369 e. The summed E-state index contributed by atoms with van der Waals surface area (Å²) < 4.78 is 25.3. The minimum absolute atomic E-state index is 0.252. The van der Waals surface area contributed by atoms with E-state index in [0.29, 0.717) is 19.5 Å². The molecule has 6 rings (SSSR count). The number of rotatable bonds is 6. The summed E-state index contributed by atoms with van der Waals surface area (Å²) in [7, 11) is -0.681. The van der Waals surface area contributed by atoms with E-state index in [2.05, 4.69) is 76.3 Å². The first-order valence-corrected chi connectivity index (χ1v) is 15.1. The maximum absolute atomic E-state index is 11.7. The number of aromatic nitrogens is 3. The van der Waals surface area contributed by atoms with Crippen molar-refractivity contribution in [2.45, 2.75) is 13.0 Å². The van der Waals surface area contributed by atoms with Gasteiger partial charge in [0, 0.05) is 63.5 Å². The van der Waals surface area contributed by atoms with Gasteiger partial charge in [-0.15, -0.1) is 0 Å². The van der Waals surface area contributed by atoms with Gasteiger partial charge in [-0.05, 0) is 42.4 Å². The van der Waals surface area contributed by atoms with Crippen LogP contribution in [0.1, 0.15) is 17.0 Å². The summed E-state index contributed by atoms with van der Waals surface area (Å²) in [6, 6.07) is 23.4. The van der Waals surface area contributed by atoms with E-state index in [1.165, 1.54) is 16.8 Å². The molecule has 0 spiro atoms. The average Bonchev–Trinajstić information content (AvgIpc) is 3.34. The molecule has 0 N–H and O–H groups in total. The quantitative estimate of drug-likeness (QED) is 0.380. The van der Waals surface area contributed by atoms with Crippen LogP contribution in [0.25, 0.3) is 16.9 Å². The Balaban J connectivity index is 1.15. The zero-order chi connectivity index (χ0) is 26.1. The van der Waals surface area contributed by atoms with Crippen LogP contribution in [0.4, 0.5) is 5.69 Å². The summed E-state index contributed by atoms with van der Waals surface area (Å²) in [4.78, 5) is 11.8. The molecule has 0 radical (unpaired) electrons.